The van der Waals surface area contributed by atoms with Crippen molar-refractivity contribution in [3.05, 3.63) is 23.8 Å². The lowest BCUT2D eigenvalue weighted by Gasteiger charge is -2.56. The number of fused-ring (bicyclic) bond motifs is 5. The van der Waals surface area contributed by atoms with Gasteiger partial charge in [-0.1, -0.05) is 39.3 Å². The molecule has 0 aromatic carbocycles. The molecule has 4 aliphatic rings. The van der Waals surface area contributed by atoms with Gasteiger partial charge in [0.15, 0.2) is 11.6 Å². The van der Waals surface area contributed by atoms with Crippen LogP contribution in [0.5, 0.6) is 0 Å². The largest absolute Gasteiger partial charge is 0.381 e. The third-order valence-corrected chi connectivity index (χ3v) is 8.46. The summed E-state index contributed by atoms with van der Waals surface area (Å²) in [5, 5.41) is 11.5. The fraction of sp³-hybridized carbons (Fsp3) is 0.708. The van der Waals surface area contributed by atoms with Crippen LogP contribution < -0.4 is 0 Å². The first-order valence-corrected chi connectivity index (χ1v) is 10.8. The van der Waals surface area contributed by atoms with Crippen molar-refractivity contribution in [2.75, 3.05) is 0 Å². The number of Topliss-reactive ketones (excluding diaryl/α,β-unsaturated/α-hetero) is 2. The average Bonchev–Trinajstić information content (AvgIpc) is 2.87. The van der Waals surface area contributed by atoms with Crippen LogP contribution in [0.1, 0.15) is 66.2 Å². The van der Waals surface area contributed by atoms with Crippen LogP contribution in [0.3, 0.4) is 0 Å². The average molecular weight is 385 g/mol. The Hall–Kier alpha value is -1.55. The van der Waals surface area contributed by atoms with Crippen molar-refractivity contribution in [3.8, 4) is 0 Å². The van der Waals surface area contributed by atoms with Gasteiger partial charge in [0.05, 0.1) is 0 Å². The molecule has 3 saturated carbocycles. The van der Waals surface area contributed by atoms with Gasteiger partial charge in [0, 0.05) is 29.6 Å². The molecule has 0 aromatic heterocycles. The Morgan fingerprint density at radius 3 is 2.64 bits per heavy atom. The van der Waals surface area contributed by atoms with Crippen molar-refractivity contribution in [1.82, 2.24) is 0 Å². The number of allylic oxidation sites excluding steroid dienone is 4. The molecule has 0 amide bonds. The van der Waals surface area contributed by atoms with Crippen LogP contribution in [0.25, 0.3) is 0 Å². The summed E-state index contributed by atoms with van der Waals surface area (Å²) in [5.41, 5.74) is -1.40. The minimum atomic E-state index is -1.39. The van der Waals surface area contributed by atoms with E-state index in [1.165, 1.54) is 0 Å². The van der Waals surface area contributed by atoms with Gasteiger partial charge < -0.3 is 5.11 Å². The van der Waals surface area contributed by atoms with Crippen molar-refractivity contribution in [2.24, 2.45) is 34.5 Å². The molecule has 3 fully saturated rings. The Morgan fingerprint density at radius 2 is 1.96 bits per heavy atom. The lowest BCUT2D eigenvalue weighted by molar-refractivity contribution is -0.167. The third-order valence-electron chi connectivity index (χ3n) is 8.46. The topological polar surface area (TPSA) is 71.4 Å². The molecule has 0 unspecified atom stereocenters. The fourth-order valence-corrected chi connectivity index (χ4v) is 7.03. The van der Waals surface area contributed by atoms with Crippen molar-refractivity contribution in [1.29, 1.82) is 0 Å². The van der Waals surface area contributed by atoms with Crippen LogP contribution >= 0.6 is 0 Å². The quantitative estimate of drug-likeness (QED) is 0.803. The van der Waals surface area contributed by atoms with Crippen LogP contribution in [0.4, 0.5) is 0 Å². The Morgan fingerprint density at radius 1 is 1.25 bits per heavy atom. The highest BCUT2D eigenvalue weighted by molar-refractivity contribution is 6.02. The molecule has 0 spiro atoms. The summed E-state index contributed by atoms with van der Waals surface area (Å²) >= 11 is 0. The van der Waals surface area contributed by atoms with E-state index < -0.39 is 16.4 Å². The zero-order valence-electron chi connectivity index (χ0n) is 17.5. The van der Waals surface area contributed by atoms with Crippen LogP contribution in [0, 0.1) is 34.5 Å². The summed E-state index contributed by atoms with van der Waals surface area (Å²) in [6, 6.07) is 0. The zero-order chi connectivity index (χ0) is 20.5. The van der Waals surface area contributed by atoms with Gasteiger partial charge in [0.2, 0.25) is 0 Å². The first kappa shape index (κ1) is 19.8. The number of ketones is 3. The van der Waals surface area contributed by atoms with Crippen molar-refractivity contribution in [2.45, 2.75) is 71.8 Å². The predicted octanol–water partition coefficient (Wildman–Crippen LogP) is 3.82. The second-order valence-electron chi connectivity index (χ2n) is 10.5. The normalized spacial score (nSPS) is 44.8. The molecule has 4 nitrogen and oxygen atoms in total. The summed E-state index contributed by atoms with van der Waals surface area (Å²) in [6.07, 6.45) is 8.79. The van der Waals surface area contributed by atoms with E-state index in [0.29, 0.717) is 12.8 Å². The lowest BCUT2D eigenvalue weighted by Crippen LogP contribution is -2.60. The van der Waals surface area contributed by atoms with Crippen molar-refractivity contribution in [3.63, 3.8) is 0 Å². The highest BCUT2D eigenvalue weighted by Gasteiger charge is 2.68. The molecule has 0 aliphatic heterocycles. The summed E-state index contributed by atoms with van der Waals surface area (Å²) in [7, 11) is 0. The molecule has 0 radical (unpaired) electrons. The molecular formula is C24H32O4. The molecule has 1 N–H and O–H groups in total. The van der Waals surface area contributed by atoms with E-state index in [9.17, 15) is 19.5 Å². The Balaban J connectivity index is 1.71. The van der Waals surface area contributed by atoms with Crippen LogP contribution in [-0.4, -0.2) is 28.1 Å². The fourth-order valence-electron chi connectivity index (χ4n) is 7.03. The number of carbonyl (C=O) groups excluding carboxylic acids is 3. The van der Waals surface area contributed by atoms with Crippen LogP contribution in [-0.2, 0) is 14.4 Å². The van der Waals surface area contributed by atoms with E-state index in [-0.39, 0.29) is 47.4 Å². The van der Waals surface area contributed by atoms with Gasteiger partial charge in [0.1, 0.15) is 11.4 Å². The van der Waals surface area contributed by atoms with Gasteiger partial charge in [-0.25, -0.2) is 0 Å². The number of aliphatic hydroxyl groups is 1. The maximum Gasteiger partial charge on any atom is 0.178 e. The molecule has 0 heterocycles. The minimum Gasteiger partial charge on any atom is -0.381 e. The molecule has 4 rings (SSSR count). The van der Waals surface area contributed by atoms with Crippen molar-refractivity contribution < 1.29 is 19.5 Å². The van der Waals surface area contributed by atoms with Crippen molar-refractivity contribution >= 4 is 17.3 Å². The maximum atomic E-state index is 13.5. The molecule has 0 aromatic rings. The number of carbonyl (C=O) groups is 3. The van der Waals surface area contributed by atoms with E-state index in [4.69, 9.17) is 0 Å². The molecule has 0 saturated heterocycles. The first-order valence-electron chi connectivity index (χ1n) is 10.8. The summed E-state index contributed by atoms with van der Waals surface area (Å²) in [6.45, 7) is 8.05. The second-order valence-corrected chi connectivity index (χ2v) is 10.5. The molecular weight excluding hydrogens is 352 g/mol. The molecule has 152 valence electrons. The Kier molecular flexibility index (Phi) is 4.39. The standard InChI is InChI=1S/C24H32O4/c1-14(2)11-20(27)24(28)10-8-18-17-6-5-15-12-16(25)7-9-22(15,3)21(17)19(26)13-23(18,24)4/h7,9,12,14,17-18,21,28H,5-6,8,10-11,13H2,1-4H3/t17-,18-,21+,22-,23-,24-/m0/s1. The van der Waals surface area contributed by atoms with Gasteiger partial charge in [-0.15, -0.1) is 0 Å². The van der Waals surface area contributed by atoms with E-state index in [2.05, 4.69) is 6.92 Å². The van der Waals surface area contributed by atoms with E-state index in [0.717, 1.165) is 24.8 Å². The number of rotatable bonds is 3. The summed E-state index contributed by atoms with van der Waals surface area (Å²) in [5.74, 6) is 0.425. The molecule has 0 bridgehead atoms. The van der Waals surface area contributed by atoms with Gasteiger partial charge >= 0.3 is 0 Å². The summed E-state index contributed by atoms with van der Waals surface area (Å²) in [4.78, 5) is 38.4. The number of hydrogen-bond acceptors (Lipinski definition) is 4. The van der Waals surface area contributed by atoms with Gasteiger partial charge in [-0.2, -0.15) is 0 Å². The van der Waals surface area contributed by atoms with E-state index in [1.54, 1.807) is 12.2 Å². The highest BCUT2D eigenvalue weighted by Crippen LogP contribution is 2.66. The molecule has 6 atom stereocenters. The number of hydrogen-bond donors (Lipinski definition) is 1. The predicted molar refractivity (Wildman–Crippen MR) is 106 cm³/mol. The van der Waals surface area contributed by atoms with Gasteiger partial charge in [0.25, 0.3) is 0 Å². The van der Waals surface area contributed by atoms with Gasteiger partial charge in [-0.3, -0.25) is 14.4 Å². The maximum absolute atomic E-state index is 13.5. The lowest BCUT2D eigenvalue weighted by atomic mass is 9.46. The minimum absolute atomic E-state index is 0.00791. The smallest absolute Gasteiger partial charge is 0.178 e. The first-order chi connectivity index (χ1) is 13.0. The molecule has 4 aliphatic carbocycles. The van der Waals surface area contributed by atoms with E-state index >= 15 is 0 Å². The monoisotopic (exact) mass is 384 g/mol. The van der Waals surface area contributed by atoms with E-state index in [1.807, 2.05) is 26.8 Å². The van der Waals surface area contributed by atoms with Gasteiger partial charge in [-0.05, 0) is 55.6 Å². The van der Waals surface area contributed by atoms with Crippen LogP contribution in [0.15, 0.2) is 23.8 Å². The second kappa shape index (κ2) is 6.22. The Labute approximate surface area is 167 Å². The summed E-state index contributed by atoms with van der Waals surface area (Å²) < 4.78 is 0. The zero-order valence-corrected chi connectivity index (χ0v) is 17.5. The highest BCUT2D eigenvalue weighted by atomic mass is 16.3. The SMILES string of the molecule is CC(C)CC(=O)[C@@]1(O)CC[C@H]2[C@@H]3CCC4=CC(=O)C=C[C@]4(C)[C@H]3C(=O)C[C@@]21C. The molecule has 4 heteroatoms. The van der Waals surface area contributed by atoms with Crippen LogP contribution in [0.2, 0.25) is 0 Å². The molecule has 28 heavy (non-hydrogen) atoms. The Bertz CT molecular complexity index is 805. The third kappa shape index (κ3) is 2.49.